The SMILES string of the molecule is Cl.Cl.NCCCCC1(Nc2cccc3c2CN(C2CCC(=O)NC2=O)C3=O)CCC(N)CC1. The molecule has 1 aliphatic carbocycles. The molecule has 184 valence electrons. The lowest BCUT2D eigenvalue weighted by atomic mass is 9.76. The van der Waals surface area contributed by atoms with E-state index in [1.807, 2.05) is 18.2 Å². The first-order chi connectivity index (χ1) is 14.9. The molecule has 2 aliphatic heterocycles. The maximum absolute atomic E-state index is 13.1. The number of hydrogen-bond acceptors (Lipinski definition) is 6. The highest BCUT2D eigenvalue weighted by Gasteiger charge is 2.41. The quantitative estimate of drug-likeness (QED) is 0.336. The van der Waals surface area contributed by atoms with Crippen LogP contribution in [-0.2, 0) is 16.1 Å². The van der Waals surface area contributed by atoms with E-state index in [4.69, 9.17) is 11.5 Å². The molecule has 1 saturated heterocycles. The van der Waals surface area contributed by atoms with E-state index < -0.39 is 6.04 Å². The molecule has 1 aromatic carbocycles. The third-order valence-electron chi connectivity index (χ3n) is 7.08. The lowest BCUT2D eigenvalue weighted by Gasteiger charge is -2.41. The Bertz CT molecular complexity index is 874. The molecule has 1 saturated carbocycles. The number of carbonyl (C=O) groups is 3. The van der Waals surface area contributed by atoms with Gasteiger partial charge in [0.2, 0.25) is 11.8 Å². The van der Waals surface area contributed by atoms with E-state index in [0.29, 0.717) is 25.1 Å². The molecule has 10 heteroatoms. The number of anilines is 1. The maximum atomic E-state index is 13.1. The number of nitrogens with two attached hydrogens (primary N) is 2. The van der Waals surface area contributed by atoms with E-state index in [-0.39, 0.29) is 60.5 Å². The summed E-state index contributed by atoms with van der Waals surface area (Å²) >= 11 is 0. The number of carbonyl (C=O) groups excluding carboxylic acids is 3. The molecule has 0 aromatic heterocycles. The van der Waals surface area contributed by atoms with Crippen molar-refractivity contribution in [3.63, 3.8) is 0 Å². The van der Waals surface area contributed by atoms with Gasteiger partial charge in [0.05, 0.1) is 0 Å². The first-order valence-electron chi connectivity index (χ1n) is 11.4. The van der Waals surface area contributed by atoms with Crippen LogP contribution < -0.4 is 22.1 Å². The maximum Gasteiger partial charge on any atom is 0.255 e. The molecule has 2 heterocycles. The van der Waals surface area contributed by atoms with Gasteiger partial charge in [-0.05, 0) is 70.0 Å². The van der Waals surface area contributed by atoms with Crippen LogP contribution in [0, 0.1) is 0 Å². The van der Waals surface area contributed by atoms with Crippen LogP contribution in [0.1, 0.15) is 73.7 Å². The van der Waals surface area contributed by atoms with Gasteiger partial charge < -0.3 is 21.7 Å². The molecule has 0 bridgehead atoms. The number of halogens is 2. The molecule has 3 aliphatic rings. The Hall–Kier alpha value is -1.87. The van der Waals surface area contributed by atoms with E-state index in [1.54, 1.807) is 4.90 Å². The zero-order chi connectivity index (χ0) is 22.0. The Morgan fingerprint density at radius 2 is 1.82 bits per heavy atom. The van der Waals surface area contributed by atoms with Gasteiger partial charge in [-0.25, -0.2) is 0 Å². The first-order valence-corrected chi connectivity index (χ1v) is 11.4. The second-order valence-electron chi connectivity index (χ2n) is 9.22. The number of nitrogens with zero attached hydrogens (tertiary/aromatic N) is 1. The van der Waals surface area contributed by atoms with Crippen LogP contribution in [0.4, 0.5) is 5.69 Å². The zero-order valence-corrected chi connectivity index (χ0v) is 20.4. The molecule has 2 fully saturated rings. The predicted molar refractivity (Wildman–Crippen MR) is 133 cm³/mol. The van der Waals surface area contributed by atoms with Gasteiger partial charge in [0.1, 0.15) is 6.04 Å². The van der Waals surface area contributed by atoms with Gasteiger partial charge in [-0.3, -0.25) is 19.7 Å². The largest absolute Gasteiger partial charge is 0.379 e. The Balaban J connectivity index is 0.00000193. The van der Waals surface area contributed by atoms with Gasteiger partial charge in [0.15, 0.2) is 0 Å². The summed E-state index contributed by atoms with van der Waals surface area (Å²) < 4.78 is 0. The van der Waals surface area contributed by atoms with Crippen LogP contribution in [-0.4, -0.2) is 46.8 Å². The minimum atomic E-state index is -0.600. The molecule has 3 amide bonds. The molecular weight excluding hydrogens is 465 g/mol. The second kappa shape index (κ2) is 11.5. The van der Waals surface area contributed by atoms with E-state index in [2.05, 4.69) is 10.6 Å². The summed E-state index contributed by atoms with van der Waals surface area (Å²) in [5, 5.41) is 6.17. The van der Waals surface area contributed by atoms with Crippen LogP contribution in [0.15, 0.2) is 18.2 Å². The number of unbranched alkanes of at least 4 members (excludes halogenated alkanes) is 1. The van der Waals surface area contributed by atoms with E-state index >= 15 is 0 Å². The summed E-state index contributed by atoms with van der Waals surface area (Å²) in [5.41, 5.74) is 14.4. The highest BCUT2D eigenvalue weighted by molar-refractivity contribution is 6.06. The van der Waals surface area contributed by atoms with E-state index in [9.17, 15) is 14.4 Å². The monoisotopic (exact) mass is 499 g/mol. The fourth-order valence-corrected chi connectivity index (χ4v) is 5.23. The summed E-state index contributed by atoms with van der Waals surface area (Å²) in [5.74, 6) is -0.801. The highest BCUT2D eigenvalue weighted by Crippen LogP contribution is 2.39. The Morgan fingerprint density at radius 1 is 1.09 bits per heavy atom. The number of fused-ring (bicyclic) bond motifs is 1. The van der Waals surface area contributed by atoms with E-state index in [0.717, 1.165) is 56.2 Å². The van der Waals surface area contributed by atoms with E-state index in [1.165, 1.54) is 0 Å². The van der Waals surface area contributed by atoms with Gasteiger partial charge in [0, 0.05) is 41.4 Å². The number of amides is 3. The van der Waals surface area contributed by atoms with Crippen molar-refractivity contribution in [1.29, 1.82) is 0 Å². The fraction of sp³-hybridized carbons (Fsp3) is 0.609. The summed E-state index contributed by atoms with van der Waals surface area (Å²) in [6, 6.07) is 5.40. The van der Waals surface area contributed by atoms with Gasteiger partial charge in [-0.15, -0.1) is 24.8 Å². The third-order valence-corrected chi connectivity index (χ3v) is 7.08. The molecule has 33 heavy (non-hydrogen) atoms. The van der Waals surface area contributed by atoms with Crippen molar-refractivity contribution in [3.05, 3.63) is 29.3 Å². The first kappa shape index (κ1) is 27.4. The average Bonchev–Trinajstić information content (AvgIpc) is 3.08. The molecule has 1 unspecified atom stereocenters. The summed E-state index contributed by atoms with van der Waals surface area (Å²) in [7, 11) is 0. The average molecular weight is 500 g/mol. The van der Waals surface area contributed by atoms with Gasteiger partial charge in [0.25, 0.3) is 5.91 Å². The molecule has 6 N–H and O–H groups in total. The van der Waals surface area contributed by atoms with Crippen molar-refractivity contribution in [1.82, 2.24) is 10.2 Å². The van der Waals surface area contributed by atoms with Gasteiger partial charge >= 0.3 is 0 Å². The van der Waals surface area contributed by atoms with Crippen LogP contribution in [0.2, 0.25) is 0 Å². The normalized spacial score (nSPS) is 26.7. The minimum absolute atomic E-state index is 0. The van der Waals surface area contributed by atoms with Crippen molar-refractivity contribution in [3.8, 4) is 0 Å². The van der Waals surface area contributed by atoms with Crippen molar-refractivity contribution in [2.45, 2.75) is 82.0 Å². The molecule has 1 atom stereocenters. The van der Waals surface area contributed by atoms with Crippen LogP contribution in [0.3, 0.4) is 0 Å². The summed E-state index contributed by atoms with van der Waals surface area (Å²) in [6.45, 7) is 1.06. The van der Waals surface area contributed by atoms with Gasteiger partial charge in [-0.1, -0.05) is 6.07 Å². The molecule has 8 nitrogen and oxygen atoms in total. The highest BCUT2D eigenvalue weighted by atomic mass is 35.5. The minimum Gasteiger partial charge on any atom is -0.379 e. The zero-order valence-electron chi connectivity index (χ0n) is 18.8. The number of hydrogen-bond donors (Lipinski definition) is 4. The standard InChI is InChI=1S/C23H33N5O3.2ClH/c24-13-2-1-10-23(11-8-15(25)9-12-23)27-18-5-3-4-16-17(18)14-28(22(16)31)19-6-7-20(29)26-21(19)30;;/h3-5,15,19,27H,1-2,6-14,24-25H2,(H,26,29,30);2*1H. The van der Waals surface area contributed by atoms with Crippen LogP contribution in [0.25, 0.3) is 0 Å². The number of rotatable bonds is 7. The lowest BCUT2D eigenvalue weighted by Crippen LogP contribution is -2.52. The molecule has 0 spiro atoms. The third kappa shape index (κ3) is 5.80. The number of imide groups is 1. The van der Waals surface area contributed by atoms with Crippen LogP contribution >= 0.6 is 24.8 Å². The molecular formula is C23H35Cl2N5O3. The summed E-state index contributed by atoms with van der Waals surface area (Å²) in [4.78, 5) is 38.6. The van der Waals surface area contributed by atoms with Crippen molar-refractivity contribution >= 4 is 48.2 Å². The lowest BCUT2D eigenvalue weighted by molar-refractivity contribution is -0.136. The molecule has 4 rings (SSSR count). The predicted octanol–water partition coefficient (Wildman–Crippen LogP) is 2.47. The Kier molecular flexibility index (Phi) is 9.55. The fourth-order valence-electron chi connectivity index (χ4n) is 5.23. The Morgan fingerprint density at radius 3 is 2.48 bits per heavy atom. The second-order valence-corrected chi connectivity index (χ2v) is 9.22. The summed E-state index contributed by atoms with van der Waals surface area (Å²) in [6.07, 6.45) is 7.63. The number of piperidine rings is 1. The number of benzene rings is 1. The van der Waals surface area contributed by atoms with Crippen molar-refractivity contribution in [2.24, 2.45) is 11.5 Å². The smallest absolute Gasteiger partial charge is 0.255 e. The topological polar surface area (TPSA) is 131 Å². The Labute approximate surface area is 207 Å². The molecule has 0 radical (unpaired) electrons. The van der Waals surface area contributed by atoms with Crippen molar-refractivity contribution < 1.29 is 14.4 Å². The van der Waals surface area contributed by atoms with Gasteiger partial charge in [-0.2, -0.15) is 0 Å². The van der Waals surface area contributed by atoms with Crippen LogP contribution in [0.5, 0.6) is 0 Å². The molecule has 1 aromatic rings. The number of nitrogens with one attached hydrogen (secondary N) is 2. The van der Waals surface area contributed by atoms with Crippen molar-refractivity contribution in [2.75, 3.05) is 11.9 Å².